The summed E-state index contributed by atoms with van der Waals surface area (Å²) in [6.07, 6.45) is 5.63. The molecule has 5 heteroatoms. The molecular weight excluding hydrogens is 254 g/mol. The van der Waals surface area contributed by atoms with Crippen LogP contribution in [0.1, 0.15) is 24.3 Å². The predicted molar refractivity (Wildman–Crippen MR) is 74.3 cm³/mol. The highest BCUT2D eigenvalue weighted by atomic mass is 16.5. The van der Waals surface area contributed by atoms with E-state index < -0.39 is 0 Å². The number of aromatic nitrogens is 3. The lowest BCUT2D eigenvalue weighted by Gasteiger charge is -2.06. The van der Waals surface area contributed by atoms with E-state index in [4.69, 9.17) is 4.74 Å². The summed E-state index contributed by atoms with van der Waals surface area (Å²) in [6.45, 7) is 0. The van der Waals surface area contributed by atoms with Gasteiger partial charge in [0.05, 0.1) is 12.4 Å². The first-order valence-electron chi connectivity index (χ1n) is 6.64. The van der Waals surface area contributed by atoms with E-state index in [-0.39, 0.29) is 11.3 Å². The van der Waals surface area contributed by atoms with Crippen LogP contribution in [-0.2, 0) is 0 Å². The van der Waals surface area contributed by atoms with Gasteiger partial charge in [0, 0.05) is 6.07 Å². The molecular formula is C15H13N3O2. The highest BCUT2D eigenvalue weighted by Gasteiger charge is 2.23. The molecule has 20 heavy (non-hydrogen) atoms. The molecule has 0 unspecified atom stereocenters. The molecule has 0 radical (unpaired) electrons. The Labute approximate surface area is 114 Å². The summed E-state index contributed by atoms with van der Waals surface area (Å²) in [5.74, 6) is 1.59. The van der Waals surface area contributed by atoms with Crippen molar-refractivity contribution < 1.29 is 4.74 Å². The predicted octanol–water partition coefficient (Wildman–Crippen LogP) is 2.69. The zero-order valence-electron chi connectivity index (χ0n) is 10.7. The van der Waals surface area contributed by atoms with Gasteiger partial charge in [-0.3, -0.25) is 4.79 Å². The van der Waals surface area contributed by atoms with Crippen molar-refractivity contribution in [3.05, 3.63) is 58.6 Å². The second-order valence-electron chi connectivity index (χ2n) is 5.04. The fraction of sp³-hybridized carbons (Fsp3) is 0.200. The molecule has 0 bridgehead atoms. The molecule has 0 saturated heterocycles. The summed E-state index contributed by atoms with van der Waals surface area (Å²) in [4.78, 5) is 15.2. The molecule has 0 atom stereocenters. The summed E-state index contributed by atoms with van der Waals surface area (Å²) in [7, 11) is 0. The molecule has 1 saturated carbocycles. The van der Waals surface area contributed by atoms with Crippen molar-refractivity contribution in [1.29, 1.82) is 0 Å². The first kappa shape index (κ1) is 11.3. The minimum absolute atomic E-state index is 0.245. The van der Waals surface area contributed by atoms with Crippen LogP contribution in [0.4, 0.5) is 0 Å². The first-order chi connectivity index (χ1) is 9.81. The Hall–Kier alpha value is -2.56. The lowest BCUT2D eigenvalue weighted by molar-refractivity contribution is 0.468. The van der Waals surface area contributed by atoms with Gasteiger partial charge in [-0.1, -0.05) is 12.1 Å². The number of H-pyrrole nitrogens is 1. The SMILES string of the molecule is O=c1c(Oc2cccc(C3CC3)c2)c[nH]c2ccnn12. The number of fused-ring (bicyclic) bond motifs is 1. The van der Waals surface area contributed by atoms with Crippen LogP contribution in [0.25, 0.3) is 5.65 Å². The lowest BCUT2D eigenvalue weighted by Crippen LogP contribution is -2.16. The summed E-state index contributed by atoms with van der Waals surface area (Å²) in [6, 6.07) is 9.66. The quantitative estimate of drug-likeness (QED) is 0.793. The van der Waals surface area contributed by atoms with Gasteiger partial charge in [-0.2, -0.15) is 9.61 Å². The van der Waals surface area contributed by atoms with Gasteiger partial charge in [0.1, 0.15) is 11.4 Å². The maximum atomic E-state index is 12.2. The number of aromatic amines is 1. The Morgan fingerprint density at radius 2 is 2.20 bits per heavy atom. The van der Waals surface area contributed by atoms with Crippen LogP contribution in [0.2, 0.25) is 0 Å². The van der Waals surface area contributed by atoms with Gasteiger partial charge >= 0.3 is 5.56 Å². The Morgan fingerprint density at radius 1 is 1.30 bits per heavy atom. The van der Waals surface area contributed by atoms with Crippen LogP contribution in [-0.4, -0.2) is 14.6 Å². The zero-order chi connectivity index (χ0) is 13.5. The van der Waals surface area contributed by atoms with Gasteiger partial charge in [0.15, 0.2) is 0 Å². The topological polar surface area (TPSA) is 59.4 Å². The van der Waals surface area contributed by atoms with E-state index in [2.05, 4.69) is 16.1 Å². The van der Waals surface area contributed by atoms with Gasteiger partial charge in [-0.05, 0) is 36.5 Å². The Bertz CT molecular complexity index is 830. The standard InChI is InChI=1S/C15H13N3O2/c19-15-13(9-16-14-6-7-17-18(14)15)20-12-3-1-2-11(8-12)10-4-5-10/h1-3,6-10,16H,4-5H2. The number of hydrogen-bond donors (Lipinski definition) is 1. The number of nitrogens with zero attached hydrogens (tertiary/aromatic N) is 2. The second kappa shape index (κ2) is 4.23. The normalized spacial score (nSPS) is 14.6. The fourth-order valence-corrected chi connectivity index (χ4v) is 2.33. The van der Waals surface area contributed by atoms with Crippen LogP contribution in [0.15, 0.2) is 47.5 Å². The maximum absolute atomic E-state index is 12.2. The van der Waals surface area contributed by atoms with Gasteiger partial charge in [-0.25, -0.2) is 0 Å². The van der Waals surface area contributed by atoms with Crippen molar-refractivity contribution in [2.24, 2.45) is 0 Å². The van der Waals surface area contributed by atoms with Gasteiger partial charge in [0.25, 0.3) is 0 Å². The molecule has 1 fully saturated rings. The summed E-state index contributed by atoms with van der Waals surface area (Å²) in [5, 5.41) is 3.97. The zero-order valence-corrected chi connectivity index (χ0v) is 10.7. The molecule has 0 aliphatic heterocycles. The molecule has 0 amide bonds. The van der Waals surface area contributed by atoms with E-state index >= 15 is 0 Å². The number of ether oxygens (including phenoxy) is 1. The van der Waals surface area contributed by atoms with Crippen LogP contribution in [0.3, 0.4) is 0 Å². The van der Waals surface area contributed by atoms with Crippen molar-refractivity contribution in [3.8, 4) is 11.5 Å². The van der Waals surface area contributed by atoms with E-state index in [0.717, 1.165) is 0 Å². The second-order valence-corrected chi connectivity index (χ2v) is 5.04. The lowest BCUT2D eigenvalue weighted by atomic mass is 10.1. The molecule has 0 spiro atoms. The summed E-state index contributed by atoms with van der Waals surface area (Å²) in [5.41, 5.74) is 1.66. The van der Waals surface area contributed by atoms with Gasteiger partial charge < -0.3 is 9.72 Å². The third-order valence-electron chi connectivity index (χ3n) is 3.53. The summed E-state index contributed by atoms with van der Waals surface area (Å²) >= 11 is 0. The van der Waals surface area contributed by atoms with Crippen LogP contribution in [0.5, 0.6) is 11.5 Å². The fourth-order valence-electron chi connectivity index (χ4n) is 2.33. The van der Waals surface area contributed by atoms with Crippen molar-refractivity contribution in [2.45, 2.75) is 18.8 Å². The highest BCUT2D eigenvalue weighted by molar-refractivity contribution is 5.40. The van der Waals surface area contributed by atoms with E-state index in [1.807, 2.05) is 18.2 Å². The number of nitrogens with one attached hydrogen (secondary N) is 1. The third kappa shape index (κ3) is 1.87. The molecule has 4 rings (SSSR count). The van der Waals surface area contributed by atoms with Crippen LogP contribution < -0.4 is 10.3 Å². The van der Waals surface area contributed by atoms with Crippen molar-refractivity contribution in [1.82, 2.24) is 14.6 Å². The van der Waals surface area contributed by atoms with E-state index in [9.17, 15) is 4.79 Å². The molecule has 1 aliphatic rings. The molecule has 3 aromatic rings. The van der Waals surface area contributed by atoms with E-state index in [1.165, 1.54) is 22.9 Å². The smallest absolute Gasteiger partial charge is 0.317 e. The Kier molecular flexibility index (Phi) is 2.39. The highest BCUT2D eigenvalue weighted by Crippen LogP contribution is 2.41. The molecule has 5 nitrogen and oxygen atoms in total. The van der Waals surface area contributed by atoms with Crippen molar-refractivity contribution in [2.75, 3.05) is 0 Å². The number of rotatable bonds is 3. The minimum atomic E-state index is -0.263. The Morgan fingerprint density at radius 3 is 3.05 bits per heavy atom. The van der Waals surface area contributed by atoms with E-state index in [0.29, 0.717) is 17.3 Å². The number of benzene rings is 1. The third-order valence-corrected chi connectivity index (χ3v) is 3.53. The van der Waals surface area contributed by atoms with Gasteiger partial charge in [0.2, 0.25) is 5.75 Å². The van der Waals surface area contributed by atoms with Crippen LogP contribution in [0, 0.1) is 0 Å². The van der Waals surface area contributed by atoms with E-state index in [1.54, 1.807) is 18.5 Å². The molecule has 2 heterocycles. The average Bonchev–Trinajstić information content (AvgIpc) is 3.21. The van der Waals surface area contributed by atoms with Crippen LogP contribution >= 0.6 is 0 Å². The largest absolute Gasteiger partial charge is 0.450 e. The molecule has 1 aromatic carbocycles. The summed E-state index contributed by atoms with van der Waals surface area (Å²) < 4.78 is 6.99. The van der Waals surface area contributed by atoms with Gasteiger partial charge in [-0.15, -0.1) is 0 Å². The first-order valence-corrected chi connectivity index (χ1v) is 6.64. The molecule has 100 valence electrons. The van der Waals surface area contributed by atoms with Crippen molar-refractivity contribution in [3.63, 3.8) is 0 Å². The monoisotopic (exact) mass is 267 g/mol. The minimum Gasteiger partial charge on any atom is -0.450 e. The molecule has 2 aromatic heterocycles. The number of hydrogen-bond acceptors (Lipinski definition) is 3. The van der Waals surface area contributed by atoms with Crippen molar-refractivity contribution >= 4 is 5.65 Å². The molecule has 1 N–H and O–H groups in total. The average molecular weight is 267 g/mol. The maximum Gasteiger partial charge on any atom is 0.317 e. The molecule has 1 aliphatic carbocycles. The Balaban J connectivity index is 1.71.